The Hall–Kier alpha value is -2.44. The first-order valence-electron chi connectivity index (χ1n) is 16.7. The maximum Gasteiger partial charge on any atom is 0.513 e. The molecule has 1 amide bonds. The predicted molar refractivity (Wildman–Crippen MR) is 168 cm³/mol. The molecule has 0 radical (unpaired) electrons. The number of ether oxygens (including phenoxy) is 4. The van der Waals surface area contributed by atoms with Crippen molar-refractivity contribution in [3.8, 4) is 11.5 Å². The Morgan fingerprint density at radius 2 is 1.05 bits per heavy atom. The van der Waals surface area contributed by atoms with E-state index in [4.69, 9.17) is 18.9 Å². The summed E-state index contributed by atoms with van der Waals surface area (Å²) in [6.07, 6.45) is 23.3. The Morgan fingerprint density at radius 3 is 1.54 bits per heavy atom. The highest BCUT2D eigenvalue weighted by Gasteiger charge is 2.14. The van der Waals surface area contributed by atoms with Crippen LogP contribution in [0.4, 0.5) is 15.3 Å². The Labute approximate surface area is 250 Å². The molecule has 0 unspecified atom stereocenters. The van der Waals surface area contributed by atoms with Crippen LogP contribution in [-0.4, -0.2) is 32.1 Å². The second-order valence-corrected chi connectivity index (χ2v) is 10.9. The van der Waals surface area contributed by atoms with E-state index in [1.165, 1.54) is 96.3 Å². The van der Waals surface area contributed by atoms with Crippen molar-refractivity contribution in [1.29, 1.82) is 0 Å². The van der Waals surface area contributed by atoms with Crippen LogP contribution < -0.4 is 14.8 Å². The van der Waals surface area contributed by atoms with Crippen molar-refractivity contribution in [3.63, 3.8) is 0 Å². The monoisotopic (exact) mass is 577 g/mol. The molecule has 1 aromatic rings. The molecule has 41 heavy (non-hydrogen) atoms. The SMILES string of the molecule is CCCCCCCCCCCCOC(=O)Nc1ccc(OC(=O)OCCCCCCCCCCCC)c(OCC)c1. The third-order valence-electron chi connectivity index (χ3n) is 7.13. The van der Waals surface area contributed by atoms with Gasteiger partial charge in [0.25, 0.3) is 0 Å². The molecule has 7 heteroatoms. The summed E-state index contributed by atoms with van der Waals surface area (Å²) in [6.45, 7) is 7.44. The van der Waals surface area contributed by atoms with E-state index in [0.717, 1.165) is 32.1 Å². The third-order valence-corrected chi connectivity index (χ3v) is 7.13. The van der Waals surface area contributed by atoms with Gasteiger partial charge in [-0.1, -0.05) is 129 Å². The molecule has 0 aliphatic heterocycles. The molecule has 0 saturated carbocycles. The molecule has 0 aliphatic carbocycles. The number of benzene rings is 1. The Bertz CT molecular complexity index is 784. The summed E-state index contributed by atoms with van der Waals surface area (Å²) >= 11 is 0. The smallest absolute Gasteiger partial charge is 0.490 e. The summed E-state index contributed by atoms with van der Waals surface area (Å²) in [6, 6.07) is 4.86. The first-order valence-corrected chi connectivity index (χ1v) is 16.7. The minimum absolute atomic E-state index is 0.254. The van der Waals surface area contributed by atoms with Gasteiger partial charge in [-0.15, -0.1) is 0 Å². The zero-order valence-corrected chi connectivity index (χ0v) is 26.4. The first kappa shape index (κ1) is 36.6. The Kier molecular flexibility index (Phi) is 23.6. The average Bonchev–Trinajstić information content (AvgIpc) is 2.96. The van der Waals surface area contributed by atoms with Crippen molar-refractivity contribution in [2.75, 3.05) is 25.1 Å². The number of amides is 1. The minimum Gasteiger partial charge on any atom is -0.490 e. The average molecular weight is 578 g/mol. The van der Waals surface area contributed by atoms with Crippen LogP contribution in [0.25, 0.3) is 0 Å². The predicted octanol–water partition coefficient (Wildman–Crippen LogP) is 11.0. The normalized spacial score (nSPS) is 10.8. The van der Waals surface area contributed by atoms with E-state index >= 15 is 0 Å². The molecule has 7 nitrogen and oxygen atoms in total. The zero-order valence-electron chi connectivity index (χ0n) is 26.4. The molecular weight excluding hydrogens is 518 g/mol. The molecule has 236 valence electrons. The summed E-state index contributed by atoms with van der Waals surface area (Å²) in [5.41, 5.74) is 0.507. The number of carbonyl (C=O) groups excluding carboxylic acids is 2. The highest BCUT2D eigenvalue weighted by molar-refractivity contribution is 5.85. The molecule has 0 aromatic heterocycles. The largest absolute Gasteiger partial charge is 0.513 e. The quantitative estimate of drug-likeness (QED) is 0.0670. The summed E-state index contributed by atoms with van der Waals surface area (Å²) < 4.78 is 21.5. The molecule has 0 atom stereocenters. The molecule has 0 fully saturated rings. The van der Waals surface area contributed by atoms with E-state index in [1.807, 2.05) is 6.92 Å². The molecule has 0 heterocycles. The van der Waals surface area contributed by atoms with E-state index < -0.39 is 12.2 Å². The molecule has 0 bridgehead atoms. The van der Waals surface area contributed by atoms with Gasteiger partial charge in [-0.3, -0.25) is 5.32 Å². The van der Waals surface area contributed by atoms with Gasteiger partial charge < -0.3 is 18.9 Å². The van der Waals surface area contributed by atoms with E-state index in [2.05, 4.69) is 19.2 Å². The second kappa shape index (κ2) is 26.5. The van der Waals surface area contributed by atoms with Gasteiger partial charge in [0, 0.05) is 11.8 Å². The van der Waals surface area contributed by atoms with Gasteiger partial charge in [0.05, 0.1) is 19.8 Å². The number of nitrogens with one attached hydrogen (secondary N) is 1. The van der Waals surface area contributed by atoms with Crippen LogP contribution in [0, 0.1) is 0 Å². The van der Waals surface area contributed by atoms with E-state index in [9.17, 15) is 9.59 Å². The van der Waals surface area contributed by atoms with Crippen molar-refractivity contribution in [1.82, 2.24) is 0 Å². The van der Waals surface area contributed by atoms with Crippen molar-refractivity contribution < 1.29 is 28.5 Å². The minimum atomic E-state index is -0.751. The van der Waals surface area contributed by atoms with Gasteiger partial charge in [0.15, 0.2) is 11.5 Å². The molecule has 0 saturated heterocycles. The number of rotatable bonds is 26. The molecule has 0 spiro atoms. The number of unbranched alkanes of at least 4 members (excludes halogenated alkanes) is 18. The lowest BCUT2D eigenvalue weighted by atomic mass is 10.1. The van der Waals surface area contributed by atoms with Crippen LogP contribution in [0.15, 0.2) is 18.2 Å². The number of hydrogen-bond donors (Lipinski definition) is 1. The summed E-state index contributed by atoms with van der Waals surface area (Å²) in [5, 5.41) is 2.72. The zero-order chi connectivity index (χ0) is 29.8. The van der Waals surface area contributed by atoms with Crippen LogP contribution in [0.2, 0.25) is 0 Å². The molecule has 0 aliphatic rings. The molecule has 1 rings (SSSR count). The van der Waals surface area contributed by atoms with Crippen LogP contribution in [0.1, 0.15) is 149 Å². The van der Waals surface area contributed by atoms with Gasteiger partial charge in [0.2, 0.25) is 0 Å². The Morgan fingerprint density at radius 1 is 0.585 bits per heavy atom. The van der Waals surface area contributed by atoms with Gasteiger partial charge in [-0.25, -0.2) is 9.59 Å². The third kappa shape index (κ3) is 21.0. The summed E-state index contributed by atoms with van der Waals surface area (Å²) in [4.78, 5) is 24.4. The molecule has 1 N–H and O–H groups in total. The highest BCUT2D eigenvalue weighted by atomic mass is 16.7. The van der Waals surface area contributed by atoms with Gasteiger partial charge >= 0.3 is 12.2 Å². The maximum atomic E-state index is 12.2. The lowest BCUT2D eigenvalue weighted by molar-refractivity contribution is 0.0958. The molecular formula is C34H59NO6. The fourth-order valence-electron chi connectivity index (χ4n) is 4.71. The van der Waals surface area contributed by atoms with E-state index in [1.54, 1.807) is 18.2 Å². The van der Waals surface area contributed by atoms with Crippen molar-refractivity contribution in [2.24, 2.45) is 0 Å². The van der Waals surface area contributed by atoms with Gasteiger partial charge in [0.1, 0.15) is 0 Å². The second-order valence-electron chi connectivity index (χ2n) is 10.9. The lowest BCUT2D eigenvalue weighted by Gasteiger charge is -2.13. The number of hydrogen-bond acceptors (Lipinski definition) is 6. The van der Waals surface area contributed by atoms with E-state index in [-0.39, 0.29) is 5.75 Å². The highest BCUT2D eigenvalue weighted by Crippen LogP contribution is 2.31. The van der Waals surface area contributed by atoms with Crippen LogP contribution >= 0.6 is 0 Å². The number of anilines is 1. The van der Waals surface area contributed by atoms with Gasteiger partial charge in [-0.2, -0.15) is 0 Å². The first-order chi connectivity index (χ1) is 20.1. The van der Waals surface area contributed by atoms with Crippen LogP contribution in [0.5, 0.6) is 11.5 Å². The summed E-state index contributed by atoms with van der Waals surface area (Å²) in [7, 11) is 0. The number of carbonyl (C=O) groups is 2. The Balaban J connectivity index is 2.22. The van der Waals surface area contributed by atoms with E-state index in [0.29, 0.717) is 31.3 Å². The lowest BCUT2D eigenvalue weighted by Crippen LogP contribution is -2.15. The summed E-state index contributed by atoms with van der Waals surface area (Å²) in [5.74, 6) is 0.611. The fourth-order valence-corrected chi connectivity index (χ4v) is 4.71. The van der Waals surface area contributed by atoms with Crippen molar-refractivity contribution in [2.45, 2.75) is 149 Å². The van der Waals surface area contributed by atoms with Crippen LogP contribution in [0.3, 0.4) is 0 Å². The van der Waals surface area contributed by atoms with Crippen molar-refractivity contribution in [3.05, 3.63) is 18.2 Å². The fraction of sp³-hybridized carbons (Fsp3) is 0.765. The van der Waals surface area contributed by atoms with Crippen molar-refractivity contribution >= 4 is 17.9 Å². The molecule has 1 aromatic carbocycles. The maximum absolute atomic E-state index is 12.2. The van der Waals surface area contributed by atoms with Gasteiger partial charge in [-0.05, 0) is 31.9 Å². The standard InChI is InChI=1S/C34H59NO6/c1-4-7-9-11-13-15-17-19-21-23-27-39-33(36)35-30-25-26-31(32(29-30)38-6-3)41-34(37)40-28-24-22-20-18-16-14-12-10-8-5-2/h25-26,29H,4-24,27-28H2,1-3H3,(H,35,36). The van der Waals surface area contributed by atoms with Crippen LogP contribution in [-0.2, 0) is 9.47 Å². The topological polar surface area (TPSA) is 83.1 Å².